The molecular weight excluding hydrogens is 354 g/mol. The Labute approximate surface area is 167 Å². The normalized spacial score (nSPS) is 15.9. The Morgan fingerprint density at radius 1 is 1.11 bits per heavy atom. The number of ether oxygens (including phenoxy) is 3. The maximum Gasteiger partial charge on any atom is 0.251 e. The Hall–Kier alpha value is -2.53. The zero-order chi connectivity index (χ0) is 20.0. The molecule has 1 fully saturated rings. The number of rotatable bonds is 7. The lowest BCUT2D eigenvalue weighted by molar-refractivity contribution is 0.0487. The van der Waals surface area contributed by atoms with Gasteiger partial charge in [0.05, 0.1) is 13.2 Å². The van der Waals surface area contributed by atoms with Crippen molar-refractivity contribution in [1.82, 2.24) is 5.32 Å². The molecule has 1 amide bonds. The highest BCUT2D eigenvalue weighted by Crippen LogP contribution is 2.34. The predicted molar refractivity (Wildman–Crippen MR) is 109 cm³/mol. The fraction of sp³-hybridized carbons (Fsp3) is 0.435. The van der Waals surface area contributed by atoms with E-state index in [1.54, 1.807) is 25.3 Å². The standard InChI is InChI=1S/C23H29NO4/c1-17(2)28-20-10-9-18(15-21(20)26-3)22(25)24-16-23(11-13-27-14-12-23)19-7-5-4-6-8-19/h4-10,15,17H,11-14,16H2,1-3H3,(H,24,25). The second-order valence-corrected chi connectivity index (χ2v) is 7.47. The topological polar surface area (TPSA) is 56.8 Å². The fourth-order valence-electron chi connectivity index (χ4n) is 3.63. The van der Waals surface area contributed by atoms with Crippen molar-refractivity contribution in [2.45, 2.75) is 38.2 Å². The molecule has 2 aromatic rings. The van der Waals surface area contributed by atoms with Crippen molar-refractivity contribution in [2.24, 2.45) is 0 Å². The summed E-state index contributed by atoms with van der Waals surface area (Å²) in [6, 6.07) is 15.7. The number of methoxy groups -OCH3 is 1. The molecule has 0 aliphatic carbocycles. The fourth-order valence-corrected chi connectivity index (χ4v) is 3.63. The minimum atomic E-state index is -0.115. The van der Waals surface area contributed by atoms with Crippen molar-refractivity contribution in [3.05, 3.63) is 59.7 Å². The second-order valence-electron chi connectivity index (χ2n) is 7.47. The van der Waals surface area contributed by atoms with E-state index in [9.17, 15) is 4.79 Å². The minimum absolute atomic E-state index is 0.0350. The van der Waals surface area contributed by atoms with Crippen LogP contribution in [0, 0.1) is 0 Å². The number of carbonyl (C=O) groups excluding carboxylic acids is 1. The first-order chi connectivity index (χ1) is 13.5. The lowest BCUT2D eigenvalue weighted by Crippen LogP contribution is -2.44. The maximum absolute atomic E-state index is 12.8. The van der Waals surface area contributed by atoms with Crippen molar-refractivity contribution >= 4 is 5.91 Å². The second kappa shape index (κ2) is 9.11. The van der Waals surface area contributed by atoms with E-state index < -0.39 is 0 Å². The zero-order valence-corrected chi connectivity index (χ0v) is 16.9. The van der Waals surface area contributed by atoms with Crippen LogP contribution in [0.4, 0.5) is 0 Å². The van der Waals surface area contributed by atoms with Gasteiger partial charge in [0.25, 0.3) is 5.91 Å². The number of nitrogens with one attached hydrogen (secondary N) is 1. The molecular formula is C23H29NO4. The van der Waals surface area contributed by atoms with Gasteiger partial charge in [-0.1, -0.05) is 30.3 Å². The van der Waals surface area contributed by atoms with E-state index in [2.05, 4.69) is 17.4 Å². The summed E-state index contributed by atoms with van der Waals surface area (Å²) in [5.41, 5.74) is 1.71. The van der Waals surface area contributed by atoms with Gasteiger partial charge in [-0.2, -0.15) is 0 Å². The van der Waals surface area contributed by atoms with Crippen LogP contribution in [-0.4, -0.2) is 38.9 Å². The van der Waals surface area contributed by atoms with Gasteiger partial charge in [-0.25, -0.2) is 0 Å². The van der Waals surface area contributed by atoms with Crippen molar-refractivity contribution in [3.63, 3.8) is 0 Å². The van der Waals surface area contributed by atoms with Crippen LogP contribution in [0.25, 0.3) is 0 Å². The number of hydrogen-bond acceptors (Lipinski definition) is 4. The lowest BCUT2D eigenvalue weighted by Gasteiger charge is -2.38. The molecule has 3 rings (SSSR count). The molecule has 0 unspecified atom stereocenters. The summed E-state index contributed by atoms with van der Waals surface area (Å²) in [5.74, 6) is 1.08. The molecule has 1 saturated heterocycles. The largest absolute Gasteiger partial charge is 0.493 e. The molecule has 0 aromatic heterocycles. The van der Waals surface area contributed by atoms with E-state index in [0.29, 0.717) is 36.8 Å². The number of carbonyl (C=O) groups is 1. The summed E-state index contributed by atoms with van der Waals surface area (Å²) < 4.78 is 16.7. The molecule has 0 spiro atoms. The third kappa shape index (κ3) is 4.65. The van der Waals surface area contributed by atoms with Gasteiger partial charge in [0.2, 0.25) is 0 Å². The van der Waals surface area contributed by atoms with E-state index in [4.69, 9.17) is 14.2 Å². The summed E-state index contributed by atoms with van der Waals surface area (Å²) in [4.78, 5) is 12.8. The number of benzene rings is 2. The van der Waals surface area contributed by atoms with Crippen LogP contribution in [0.2, 0.25) is 0 Å². The third-order valence-corrected chi connectivity index (χ3v) is 5.21. The van der Waals surface area contributed by atoms with Gasteiger partial charge in [0, 0.05) is 30.7 Å². The Balaban J connectivity index is 1.74. The summed E-state index contributed by atoms with van der Waals surface area (Å²) in [6.45, 7) is 5.90. The van der Waals surface area contributed by atoms with Gasteiger partial charge in [-0.3, -0.25) is 4.79 Å². The third-order valence-electron chi connectivity index (χ3n) is 5.21. The van der Waals surface area contributed by atoms with Gasteiger partial charge in [-0.15, -0.1) is 0 Å². The highest BCUT2D eigenvalue weighted by molar-refractivity contribution is 5.95. The Morgan fingerprint density at radius 2 is 1.82 bits per heavy atom. The average molecular weight is 383 g/mol. The highest BCUT2D eigenvalue weighted by Gasteiger charge is 2.34. The molecule has 5 heteroatoms. The quantitative estimate of drug-likeness (QED) is 0.786. The van der Waals surface area contributed by atoms with E-state index in [1.807, 2.05) is 32.0 Å². The van der Waals surface area contributed by atoms with Crippen molar-refractivity contribution in [1.29, 1.82) is 0 Å². The van der Waals surface area contributed by atoms with Crippen LogP contribution >= 0.6 is 0 Å². The summed E-state index contributed by atoms with van der Waals surface area (Å²) >= 11 is 0. The number of hydrogen-bond donors (Lipinski definition) is 1. The molecule has 0 saturated carbocycles. The van der Waals surface area contributed by atoms with E-state index in [1.165, 1.54) is 5.56 Å². The average Bonchev–Trinajstić information content (AvgIpc) is 2.73. The minimum Gasteiger partial charge on any atom is -0.493 e. The zero-order valence-electron chi connectivity index (χ0n) is 16.9. The van der Waals surface area contributed by atoms with Gasteiger partial charge in [0.1, 0.15) is 0 Å². The molecule has 1 aliphatic heterocycles. The van der Waals surface area contributed by atoms with Gasteiger partial charge in [-0.05, 0) is 50.5 Å². The highest BCUT2D eigenvalue weighted by atomic mass is 16.5. The summed E-state index contributed by atoms with van der Waals surface area (Å²) in [7, 11) is 1.58. The lowest BCUT2D eigenvalue weighted by atomic mass is 9.74. The molecule has 1 aliphatic rings. The number of amides is 1. The molecule has 2 aromatic carbocycles. The first-order valence-corrected chi connectivity index (χ1v) is 9.80. The molecule has 1 N–H and O–H groups in total. The Morgan fingerprint density at radius 3 is 2.46 bits per heavy atom. The first kappa shape index (κ1) is 20.2. The van der Waals surface area contributed by atoms with Crippen molar-refractivity contribution < 1.29 is 19.0 Å². The molecule has 0 bridgehead atoms. The van der Waals surface area contributed by atoms with Crippen LogP contribution < -0.4 is 14.8 Å². The molecule has 5 nitrogen and oxygen atoms in total. The van der Waals surface area contributed by atoms with Crippen LogP contribution in [0.5, 0.6) is 11.5 Å². The van der Waals surface area contributed by atoms with Gasteiger partial charge in [0.15, 0.2) is 11.5 Å². The van der Waals surface area contributed by atoms with Crippen LogP contribution in [0.15, 0.2) is 48.5 Å². The smallest absolute Gasteiger partial charge is 0.251 e. The van der Waals surface area contributed by atoms with Crippen LogP contribution in [0.3, 0.4) is 0 Å². The molecule has 0 atom stereocenters. The molecule has 0 radical (unpaired) electrons. The summed E-state index contributed by atoms with van der Waals surface area (Å²) in [5, 5.41) is 3.13. The van der Waals surface area contributed by atoms with E-state index in [-0.39, 0.29) is 17.4 Å². The predicted octanol–water partition coefficient (Wildman–Crippen LogP) is 3.96. The SMILES string of the molecule is COc1cc(C(=O)NCC2(c3ccccc3)CCOCC2)ccc1OC(C)C. The van der Waals surface area contributed by atoms with E-state index in [0.717, 1.165) is 12.8 Å². The maximum atomic E-state index is 12.8. The van der Waals surface area contributed by atoms with Crippen LogP contribution in [-0.2, 0) is 10.2 Å². The monoisotopic (exact) mass is 383 g/mol. The van der Waals surface area contributed by atoms with Crippen LogP contribution in [0.1, 0.15) is 42.6 Å². The first-order valence-electron chi connectivity index (χ1n) is 9.80. The molecule has 28 heavy (non-hydrogen) atoms. The van der Waals surface area contributed by atoms with Crippen molar-refractivity contribution in [2.75, 3.05) is 26.9 Å². The molecule has 150 valence electrons. The van der Waals surface area contributed by atoms with Gasteiger partial charge < -0.3 is 19.5 Å². The van der Waals surface area contributed by atoms with E-state index >= 15 is 0 Å². The Kier molecular flexibility index (Phi) is 6.57. The van der Waals surface area contributed by atoms with Crippen molar-refractivity contribution in [3.8, 4) is 11.5 Å². The molecule has 1 heterocycles. The summed E-state index contributed by atoms with van der Waals surface area (Å²) in [6.07, 6.45) is 1.82. The Bertz CT molecular complexity index is 782. The van der Waals surface area contributed by atoms with Gasteiger partial charge >= 0.3 is 0 Å².